The van der Waals surface area contributed by atoms with Crippen molar-refractivity contribution < 1.29 is 19.0 Å². The number of non-ortho nitro benzene ring substituents is 1. The molecule has 2 heterocycles. The highest BCUT2D eigenvalue weighted by Crippen LogP contribution is 2.37. The largest absolute Gasteiger partial charge is 0.481 e. The molecule has 0 saturated carbocycles. The molecular formula is C30H17BrClN5O7. The zero-order valence-electron chi connectivity index (χ0n) is 22.2. The average molecular weight is 675 g/mol. The number of aromatic nitrogens is 2. The van der Waals surface area contributed by atoms with Gasteiger partial charge in [0.25, 0.3) is 11.2 Å². The van der Waals surface area contributed by atoms with Crippen molar-refractivity contribution in [1.29, 1.82) is 0 Å². The lowest BCUT2D eigenvalue weighted by molar-refractivity contribution is -0.386. The Bertz CT molecular complexity index is 2200. The molecule has 0 N–H and O–H groups in total. The Kier molecular flexibility index (Phi) is 7.64. The number of fused-ring (bicyclic) bond motifs is 2. The topological polar surface area (TPSA) is 156 Å². The lowest BCUT2D eigenvalue weighted by Gasteiger charge is -2.10. The summed E-state index contributed by atoms with van der Waals surface area (Å²) >= 11 is 9.84. The maximum absolute atomic E-state index is 13.6. The number of nitro groups is 2. The van der Waals surface area contributed by atoms with Gasteiger partial charge in [-0.25, -0.2) is 4.98 Å². The van der Waals surface area contributed by atoms with Gasteiger partial charge in [0.2, 0.25) is 11.6 Å². The van der Waals surface area contributed by atoms with Crippen LogP contribution in [0.2, 0.25) is 5.02 Å². The van der Waals surface area contributed by atoms with Crippen LogP contribution in [0.5, 0.6) is 5.75 Å². The Morgan fingerprint density at radius 3 is 2.52 bits per heavy atom. The SMILES string of the molecule is O=c1c2ccccc2nc(-c2cc3cc(Br)ccc3o2)n1N=Cc1cc(Cl)c(OCc2ccc([N+](=O)[O-])cc2)c([N+](=O)[O-])c1. The van der Waals surface area contributed by atoms with Crippen molar-refractivity contribution in [2.24, 2.45) is 5.10 Å². The fraction of sp³-hybridized carbons (Fsp3) is 0.0333. The van der Waals surface area contributed by atoms with Crippen molar-refractivity contribution in [2.45, 2.75) is 6.61 Å². The van der Waals surface area contributed by atoms with E-state index in [0.29, 0.717) is 22.0 Å². The number of nitrogens with zero attached hydrogens (tertiary/aromatic N) is 5. The number of benzene rings is 4. The van der Waals surface area contributed by atoms with E-state index in [1.807, 2.05) is 12.1 Å². The first-order valence-corrected chi connectivity index (χ1v) is 13.9. The van der Waals surface area contributed by atoms with Crippen LogP contribution < -0.4 is 10.3 Å². The third kappa shape index (κ3) is 5.65. The van der Waals surface area contributed by atoms with Crippen molar-refractivity contribution in [3.63, 3.8) is 0 Å². The van der Waals surface area contributed by atoms with Crippen LogP contribution >= 0.6 is 27.5 Å². The summed E-state index contributed by atoms with van der Waals surface area (Å²) in [5.41, 5.74) is 0.754. The second kappa shape index (κ2) is 11.7. The second-order valence-corrected chi connectivity index (χ2v) is 10.8. The molecule has 218 valence electrons. The van der Waals surface area contributed by atoms with Crippen LogP contribution in [0.1, 0.15) is 11.1 Å². The van der Waals surface area contributed by atoms with Crippen LogP contribution in [0.15, 0.2) is 104 Å². The summed E-state index contributed by atoms with van der Waals surface area (Å²) in [6.45, 7) is -0.123. The van der Waals surface area contributed by atoms with Crippen LogP contribution in [0.3, 0.4) is 0 Å². The minimum atomic E-state index is -0.657. The number of ether oxygens (including phenoxy) is 1. The Morgan fingerprint density at radius 1 is 1.00 bits per heavy atom. The molecule has 0 unspecified atom stereocenters. The minimum absolute atomic E-state index is 0.0744. The maximum atomic E-state index is 13.6. The van der Waals surface area contributed by atoms with Gasteiger partial charge in [0.15, 0.2) is 5.76 Å². The van der Waals surface area contributed by atoms with Gasteiger partial charge in [0.1, 0.15) is 12.2 Å². The quantitative estimate of drug-likeness (QED) is 0.0913. The van der Waals surface area contributed by atoms with Gasteiger partial charge in [-0.15, -0.1) is 0 Å². The minimum Gasteiger partial charge on any atom is -0.481 e. The van der Waals surface area contributed by atoms with Gasteiger partial charge < -0.3 is 9.15 Å². The smallest absolute Gasteiger partial charge is 0.313 e. The summed E-state index contributed by atoms with van der Waals surface area (Å²) in [5.74, 6) is 0.226. The third-order valence-electron chi connectivity index (χ3n) is 6.55. The maximum Gasteiger partial charge on any atom is 0.313 e. The summed E-state index contributed by atoms with van der Waals surface area (Å²) in [7, 11) is 0. The molecule has 0 fully saturated rings. The number of hydrogen-bond acceptors (Lipinski definition) is 9. The van der Waals surface area contributed by atoms with Crippen LogP contribution in [0.25, 0.3) is 33.5 Å². The van der Waals surface area contributed by atoms with Gasteiger partial charge in [0.05, 0.1) is 32.0 Å². The highest BCUT2D eigenvalue weighted by atomic mass is 79.9. The van der Waals surface area contributed by atoms with Crippen LogP contribution in [-0.4, -0.2) is 25.7 Å². The Balaban J connectivity index is 1.38. The van der Waals surface area contributed by atoms with E-state index in [-0.39, 0.29) is 40.2 Å². The Labute approximate surface area is 260 Å². The van der Waals surface area contributed by atoms with Gasteiger partial charge in [0, 0.05) is 33.6 Å². The molecule has 0 spiro atoms. The highest BCUT2D eigenvalue weighted by molar-refractivity contribution is 9.10. The number of halogens is 2. The number of rotatable bonds is 8. The van der Waals surface area contributed by atoms with E-state index in [1.54, 1.807) is 36.4 Å². The number of nitro benzene ring substituents is 2. The Morgan fingerprint density at radius 2 is 1.77 bits per heavy atom. The van der Waals surface area contributed by atoms with E-state index in [9.17, 15) is 25.0 Å². The number of furan rings is 1. The monoisotopic (exact) mass is 673 g/mol. The molecule has 14 heteroatoms. The van der Waals surface area contributed by atoms with E-state index in [2.05, 4.69) is 26.0 Å². The predicted molar refractivity (Wildman–Crippen MR) is 167 cm³/mol. The fourth-order valence-electron chi connectivity index (χ4n) is 4.46. The summed E-state index contributed by atoms with van der Waals surface area (Å²) in [6, 6.07) is 22.2. The molecule has 0 aliphatic carbocycles. The van der Waals surface area contributed by atoms with Crippen molar-refractivity contribution in [2.75, 3.05) is 0 Å². The molecule has 0 aliphatic rings. The van der Waals surface area contributed by atoms with E-state index >= 15 is 0 Å². The zero-order valence-corrected chi connectivity index (χ0v) is 24.6. The van der Waals surface area contributed by atoms with Crippen molar-refractivity contribution in [3.8, 4) is 17.3 Å². The standard InChI is InChI=1S/C30H17BrClN5O7/c31-20-7-10-26-19(13-20)14-27(44-26)29-34-24-4-2-1-3-22(24)30(38)35(29)33-15-18-11-23(32)28(25(12-18)37(41)42)43-16-17-5-8-21(9-6-17)36(39)40/h1-15H,16H2. The molecule has 0 atom stereocenters. The normalized spacial score (nSPS) is 11.4. The first-order valence-electron chi connectivity index (χ1n) is 12.8. The predicted octanol–water partition coefficient (Wildman–Crippen LogP) is 7.50. The van der Waals surface area contributed by atoms with Gasteiger partial charge in [-0.1, -0.05) is 39.7 Å². The molecule has 2 aromatic heterocycles. The van der Waals surface area contributed by atoms with E-state index < -0.39 is 21.1 Å². The third-order valence-corrected chi connectivity index (χ3v) is 7.32. The van der Waals surface area contributed by atoms with Crippen LogP contribution in [0.4, 0.5) is 11.4 Å². The molecule has 44 heavy (non-hydrogen) atoms. The molecule has 0 amide bonds. The van der Waals surface area contributed by atoms with Crippen LogP contribution in [0, 0.1) is 20.2 Å². The Hall–Kier alpha value is -5.40. The molecule has 0 radical (unpaired) electrons. The first-order chi connectivity index (χ1) is 21.2. The molecule has 0 saturated heterocycles. The number of hydrogen-bond donors (Lipinski definition) is 0. The van der Waals surface area contributed by atoms with Crippen LogP contribution in [-0.2, 0) is 6.61 Å². The van der Waals surface area contributed by atoms with E-state index in [1.165, 1.54) is 42.6 Å². The van der Waals surface area contributed by atoms with E-state index in [0.717, 1.165) is 14.5 Å². The summed E-state index contributed by atoms with van der Waals surface area (Å²) in [5, 5.41) is 28.2. The van der Waals surface area contributed by atoms with Gasteiger partial charge in [-0.3, -0.25) is 25.0 Å². The van der Waals surface area contributed by atoms with Crippen molar-refractivity contribution >= 4 is 67.0 Å². The van der Waals surface area contributed by atoms with Crippen molar-refractivity contribution in [1.82, 2.24) is 9.66 Å². The molecular weight excluding hydrogens is 658 g/mol. The lowest BCUT2D eigenvalue weighted by Crippen LogP contribution is -2.20. The molecule has 12 nitrogen and oxygen atoms in total. The average Bonchev–Trinajstić information content (AvgIpc) is 3.43. The zero-order chi connectivity index (χ0) is 31.0. The van der Waals surface area contributed by atoms with Gasteiger partial charge in [-0.05, 0) is 60.2 Å². The van der Waals surface area contributed by atoms with Crippen molar-refractivity contribution in [3.05, 3.63) is 136 Å². The summed E-state index contributed by atoms with van der Waals surface area (Å²) in [4.78, 5) is 39.8. The van der Waals surface area contributed by atoms with Gasteiger partial charge >= 0.3 is 5.69 Å². The lowest BCUT2D eigenvalue weighted by atomic mass is 10.2. The molecule has 6 aromatic rings. The van der Waals surface area contributed by atoms with E-state index in [4.69, 9.17) is 20.8 Å². The first kappa shape index (κ1) is 28.7. The molecule has 0 aliphatic heterocycles. The fourth-order valence-corrected chi connectivity index (χ4v) is 5.12. The molecule has 6 rings (SSSR count). The second-order valence-electron chi connectivity index (χ2n) is 9.43. The highest BCUT2D eigenvalue weighted by Gasteiger charge is 2.22. The molecule has 0 bridgehead atoms. The van der Waals surface area contributed by atoms with Gasteiger partial charge in [-0.2, -0.15) is 9.78 Å². The number of para-hydroxylation sites is 1. The summed E-state index contributed by atoms with van der Waals surface area (Å²) in [6.07, 6.45) is 1.25. The summed E-state index contributed by atoms with van der Waals surface area (Å²) < 4.78 is 13.6. The molecule has 4 aromatic carbocycles.